The number of hydrogen-bond acceptors (Lipinski definition) is 9. The van der Waals surface area contributed by atoms with Crippen LogP contribution in [0.5, 0.6) is 0 Å². The van der Waals surface area contributed by atoms with Gasteiger partial charge < -0.3 is 15.5 Å². The van der Waals surface area contributed by atoms with Crippen LogP contribution in [0.15, 0.2) is 54.6 Å². The van der Waals surface area contributed by atoms with E-state index in [9.17, 15) is 41.9 Å². The van der Waals surface area contributed by atoms with Gasteiger partial charge in [-0.15, -0.1) is 0 Å². The van der Waals surface area contributed by atoms with Crippen LogP contribution < -0.4 is 25.8 Å². The van der Waals surface area contributed by atoms with E-state index in [4.69, 9.17) is 17.5 Å². The number of nitrogens with zero attached hydrogens (tertiary/aromatic N) is 4. The molecule has 1 unspecified atom stereocenters. The van der Waals surface area contributed by atoms with Crippen LogP contribution in [-0.4, -0.2) is 70.1 Å². The smallest absolute Gasteiger partial charge is 0.383 e. The van der Waals surface area contributed by atoms with E-state index in [0.717, 1.165) is 22.6 Å². The molecule has 0 aliphatic carbocycles. The maximum Gasteiger partial charge on any atom is 0.420 e. The lowest BCUT2D eigenvalue weighted by Gasteiger charge is -2.29. The maximum absolute atomic E-state index is 15.3. The molecule has 6 rings (SSSR count). The first-order valence-corrected chi connectivity index (χ1v) is 17.8. The van der Waals surface area contributed by atoms with E-state index in [1.807, 2.05) is 0 Å². The van der Waals surface area contributed by atoms with Crippen LogP contribution in [0.25, 0.3) is 0 Å². The van der Waals surface area contributed by atoms with Gasteiger partial charge in [-0.05, 0) is 87.3 Å². The molecule has 6 amide bonds. The lowest BCUT2D eigenvalue weighted by atomic mass is 10.0. The number of benzene rings is 3. The number of hydrogen-bond donors (Lipinski definition) is 3. The number of anilines is 3. The Labute approximate surface area is 322 Å². The molecule has 3 N–H and O–H groups in total. The highest BCUT2D eigenvalue weighted by molar-refractivity contribution is 7.81. The van der Waals surface area contributed by atoms with Crippen LogP contribution in [0.2, 0.25) is 0 Å². The number of fused-ring (bicyclic) bond motifs is 1. The summed E-state index contributed by atoms with van der Waals surface area (Å²) in [6.45, 7) is 3.42. The fourth-order valence-corrected chi connectivity index (χ4v) is 7.48. The van der Waals surface area contributed by atoms with Crippen molar-refractivity contribution < 1.29 is 46.3 Å². The lowest BCUT2D eigenvalue weighted by molar-refractivity contribution is -0.140. The second-order valence-electron chi connectivity index (χ2n) is 13.7. The van der Waals surface area contributed by atoms with Gasteiger partial charge in [0.1, 0.15) is 17.1 Å². The van der Waals surface area contributed by atoms with Crippen molar-refractivity contribution in [2.75, 3.05) is 28.2 Å². The monoisotopic (exact) mass is 791 g/mol. The fraction of sp³-hybridized carbons (Fsp3) is 0.316. The quantitative estimate of drug-likeness (QED) is 0.108. The zero-order chi connectivity index (χ0) is 40.7. The van der Waals surface area contributed by atoms with Gasteiger partial charge in [0.15, 0.2) is 10.9 Å². The SMILES string of the molecule is CC1(C)C(=O)N(c2ccc(C#N)c(C(F)(F)F)c2F)C(=S)N1c1ccc(CCCC(=O)NCCNc2cccc3c2C(=O)N(C2CCC(=O)NC2=O)C3=O)cc1. The number of carbonyl (C=O) groups excluding carboxylic acids is 6. The van der Waals surface area contributed by atoms with E-state index < -0.39 is 69.9 Å². The molecule has 0 spiro atoms. The highest BCUT2D eigenvalue weighted by Crippen LogP contribution is 2.42. The fourth-order valence-electron chi connectivity index (χ4n) is 6.96. The summed E-state index contributed by atoms with van der Waals surface area (Å²) in [4.78, 5) is 79.3. The number of alkyl halides is 3. The van der Waals surface area contributed by atoms with Gasteiger partial charge in [-0.2, -0.15) is 18.4 Å². The molecule has 3 aliphatic heterocycles. The highest BCUT2D eigenvalue weighted by Gasteiger charge is 2.52. The first-order chi connectivity index (χ1) is 26.5. The number of rotatable bonds is 11. The van der Waals surface area contributed by atoms with Crippen LogP contribution in [-0.2, 0) is 31.8 Å². The molecule has 2 fully saturated rings. The minimum absolute atomic E-state index is 0.00428. The third kappa shape index (κ3) is 7.17. The van der Waals surface area contributed by atoms with Crippen molar-refractivity contribution in [1.29, 1.82) is 5.26 Å². The summed E-state index contributed by atoms with van der Waals surface area (Å²) in [5.74, 6) is -5.23. The molecule has 0 aromatic heterocycles. The highest BCUT2D eigenvalue weighted by atomic mass is 32.1. The van der Waals surface area contributed by atoms with Crippen molar-refractivity contribution in [3.05, 3.63) is 88.2 Å². The maximum atomic E-state index is 15.3. The van der Waals surface area contributed by atoms with Crippen molar-refractivity contribution >= 4 is 69.8 Å². The van der Waals surface area contributed by atoms with Crippen LogP contribution in [0.3, 0.4) is 0 Å². The molecule has 0 bridgehead atoms. The largest absolute Gasteiger partial charge is 0.420 e. The van der Waals surface area contributed by atoms with Crippen molar-refractivity contribution in [1.82, 2.24) is 15.5 Å². The molecule has 56 heavy (non-hydrogen) atoms. The standard InChI is InChI=1S/C38H33F4N7O6S/c1-37(2)35(55)48(25-14-11-21(19-43)30(31(25)39)38(40,41)42)36(56)49(37)22-12-9-20(10-13-22)5-3-8-27(50)45-18-17-44-24-7-4-6-23-29(24)34(54)47(33(23)53)26-15-16-28(51)46-32(26)52/h4,6-7,9-14,26,44H,3,5,8,15-18H2,1-2H3,(H,45,50)(H,46,51,52). The van der Waals surface area contributed by atoms with Gasteiger partial charge in [0.2, 0.25) is 17.7 Å². The van der Waals surface area contributed by atoms with Gasteiger partial charge in [0.25, 0.3) is 17.7 Å². The molecule has 1 atom stereocenters. The Balaban J connectivity index is 1.01. The molecule has 18 heteroatoms. The zero-order valence-corrected chi connectivity index (χ0v) is 30.7. The first kappa shape index (κ1) is 39.5. The number of aryl methyl sites for hydroxylation is 1. The van der Waals surface area contributed by atoms with E-state index in [-0.39, 0.29) is 54.5 Å². The molecule has 3 heterocycles. The molecule has 3 aromatic rings. The zero-order valence-electron chi connectivity index (χ0n) is 29.9. The van der Waals surface area contributed by atoms with Crippen LogP contribution in [0.1, 0.15) is 76.9 Å². The molecule has 3 aliphatic rings. The number of carbonyl (C=O) groups is 6. The van der Waals surface area contributed by atoms with E-state index >= 15 is 4.39 Å². The molecular weight excluding hydrogens is 759 g/mol. The van der Waals surface area contributed by atoms with E-state index in [0.29, 0.717) is 29.1 Å². The Hall–Kier alpha value is -6.22. The molecule has 290 valence electrons. The van der Waals surface area contributed by atoms with Gasteiger partial charge in [-0.25, -0.2) is 4.39 Å². The van der Waals surface area contributed by atoms with Crippen molar-refractivity contribution in [2.45, 2.75) is 63.7 Å². The number of nitriles is 1. The second kappa shape index (κ2) is 15.1. The topological polar surface area (TPSA) is 172 Å². The minimum atomic E-state index is -5.19. The Bertz CT molecular complexity index is 2240. The summed E-state index contributed by atoms with van der Waals surface area (Å²) >= 11 is 5.50. The van der Waals surface area contributed by atoms with Crippen molar-refractivity contribution in [2.24, 2.45) is 0 Å². The van der Waals surface area contributed by atoms with Gasteiger partial charge in [0, 0.05) is 37.3 Å². The number of amides is 6. The number of halogens is 4. The summed E-state index contributed by atoms with van der Waals surface area (Å²) in [6, 6.07) is 13.5. The van der Waals surface area contributed by atoms with Gasteiger partial charge in [0.05, 0.1) is 28.4 Å². The number of piperidine rings is 1. The van der Waals surface area contributed by atoms with E-state index in [2.05, 4.69) is 16.0 Å². The summed E-state index contributed by atoms with van der Waals surface area (Å²) < 4.78 is 56.4. The van der Waals surface area contributed by atoms with Crippen LogP contribution in [0, 0.1) is 17.1 Å². The van der Waals surface area contributed by atoms with Crippen LogP contribution >= 0.6 is 12.2 Å². The molecular formula is C38H33F4N7O6S. The van der Waals surface area contributed by atoms with E-state index in [1.54, 1.807) is 36.4 Å². The molecule has 0 radical (unpaired) electrons. The Kier molecular flexibility index (Phi) is 10.7. The van der Waals surface area contributed by atoms with Gasteiger partial charge in [-0.1, -0.05) is 18.2 Å². The average Bonchev–Trinajstić information content (AvgIpc) is 3.49. The van der Waals surface area contributed by atoms with Crippen molar-refractivity contribution in [3.63, 3.8) is 0 Å². The third-order valence-corrected chi connectivity index (χ3v) is 10.1. The Morgan fingerprint density at radius 2 is 1.73 bits per heavy atom. The molecule has 2 saturated heterocycles. The third-order valence-electron chi connectivity index (χ3n) is 9.73. The predicted molar refractivity (Wildman–Crippen MR) is 197 cm³/mol. The predicted octanol–water partition coefficient (Wildman–Crippen LogP) is 4.59. The normalized spacial score (nSPS) is 17.9. The Morgan fingerprint density at radius 1 is 1.02 bits per heavy atom. The number of imide groups is 2. The summed E-state index contributed by atoms with van der Waals surface area (Å²) in [5, 5.41) is 16.9. The number of nitrogens with one attached hydrogen (secondary N) is 3. The van der Waals surface area contributed by atoms with E-state index in [1.165, 1.54) is 30.9 Å². The molecule has 3 aromatic carbocycles. The van der Waals surface area contributed by atoms with Crippen LogP contribution in [0.4, 0.5) is 34.6 Å². The lowest BCUT2D eigenvalue weighted by Crippen LogP contribution is -2.54. The first-order valence-electron chi connectivity index (χ1n) is 17.4. The average molecular weight is 792 g/mol. The summed E-state index contributed by atoms with van der Waals surface area (Å²) in [7, 11) is 0. The van der Waals surface area contributed by atoms with Gasteiger partial charge >= 0.3 is 6.18 Å². The van der Waals surface area contributed by atoms with Crippen molar-refractivity contribution in [3.8, 4) is 6.07 Å². The molecule has 0 saturated carbocycles. The van der Waals surface area contributed by atoms with Gasteiger partial charge in [-0.3, -0.25) is 43.9 Å². The molecule has 13 nitrogen and oxygen atoms in total. The summed E-state index contributed by atoms with van der Waals surface area (Å²) in [6.07, 6.45) is -4.01. The minimum Gasteiger partial charge on any atom is -0.383 e. The second-order valence-corrected chi connectivity index (χ2v) is 14.1. The number of thiocarbonyl (C=S) groups is 1. The Morgan fingerprint density at radius 3 is 2.39 bits per heavy atom. The summed E-state index contributed by atoms with van der Waals surface area (Å²) in [5.41, 5.74) is -2.98.